The van der Waals surface area contributed by atoms with E-state index in [1.807, 2.05) is 0 Å². The zero-order valence-corrected chi connectivity index (χ0v) is 8.27. The van der Waals surface area contributed by atoms with Crippen molar-refractivity contribution in [3.05, 3.63) is 40.5 Å². The fraction of sp³-hybridized carbons (Fsp3) is 0.222. The summed E-state index contributed by atoms with van der Waals surface area (Å²) in [5.41, 5.74) is 5.33. The van der Waals surface area contributed by atoms with E-state index in [1.54, 1.807) is 23.9 Å². The fourth-order valence-corrected chi connectivity index (χ4v) is 1.38. The molecule has 0 unspecified atom stereocenters. The zero-order valence-electron chi connectivity index (χ0n) is 8.27. The second kappa shape index (κ2) is 3.66. The van der Waals surface area contributed by atoms with Gasteiger partial charge in [-0.15, -0.1) is 0 Å². The van der Waals surface area contributed by atoms with Gasteiger partial charge in [0.05, 0.1) is 6.54 Å². The summed E-state index contributed by atoms with van der Waals surface area (Å²) in [4.78, 5) is 22.1. The number of rotatable bonds is 2. The predicted octanol–water partition coefficient (Wildman–Crippen LogP) is -0.277. The summed E-state index contributed by atoms with van der Waals surface area (Å²) < 4.78 is 1.70. The first kappa shape index (κ1) is 9.60. The van der Waals surface area contributed by atoms with E-state index in [2.05, 4.69) is 15.0 Å². The molecule has 0 amide bonds. The predicted molar refractivity (Wildman–Crippen MR) is 54.6 cm³/mol. The number of aryl methyl sites for hydroxylation is 1. The molecule has 0 aromatic carbocycles. The van der Waals surface area contributed by atoms with Crippen LogP contribution in [0.1, 0.15) is 11.6 Å². The van der Waals surface area contributed by atoms with Crippen LogP contribution in [0.3, 0.4) is 0 Å². The molecule has 2 rings (SSSR count). The van der Waals surface area contributed by atoms with Crippen LogP contribution in [0, 0.1) is 6.92 Å². The summed E-state index contributed by atoms with van der Waals surface area (Å²) in [6, 6.07) is 1.41. The number of hydrogen-bond acceptors (Lipinski definition) is 4. The average Bonchev–Trinajstić information content (AvgIpc) is 2.63. The lowest BCUT2D eigenvalue weighted by atomic mass is 10.5. The van der Waals surface area contributed by atoms with Crippen LogP contribution in [0.25, 0.3) is 5.82 Å². The Balaban J connectivity index is 2.58. The molecule has 2 aromatic rings. The van der Waals surface area contributed by atoms with Crippen molar-refractivity contribution in [3.8, 4) is 5.82 Å². The topological polar surface area (TPSA) is 89.6 Å². The second-order valence-electron chi connectivity index (χ2n) is 3.11. The van der Waals surface area contributed by atoms with Crippen LogP contribution in [-0.4, -0.2) is 19.5 Å². The largest absolute Gasteiger partial charge is 0.324 e. The van der Waals surface area contributed by atoms with Crippen molar-refractivity contribution in [2.45, 2.75) is 13.5 Å². The minimum atomic E-state index is -0.186. The molecule has 6 heteroatoms. The van der Waals surface area contributed by atoms with Crippen molar-refractivity contribution in [2.24, 2.45) is 5.73 Å². The number of aromatic nitrogens is 4. The lowest BCUT2D eigenvalue weighted by molar-refractivity contribution is 0.831. The third kappa shape index (κ3) is 1.79. The van der Waals surface area contributed by atoms with Gasteiger partial charge in [0.1, 0.15) is 17.5 Å². The van der Waals surface area contributed by atoms with Crippen LogP contribution in [0.4, 0.5) is 0 Å². The molecule has 0 aliphatic carbocycles. The molecule has 0 fully saturated rings. The number of nitrogens with zero attached hydrogens (tertiary/aromatic N) is 3. The molecule has 0 saturated carbocycles. The maximum Gasteiger partial charge on any atom is 0.253 e. The van der Waals surface area contributed by atoms with Gasteiger partial charge in [0, 0.05) is 18.5 Å². The quantitative estimate of drug-likeness (QED) is 0.705. The molecule has 2 heterocycles. The number of aromatic amines is 1. The first-order valence-corrected chi connectivity index (χ1v) is 4.51. The highest BCUT2D eigenvalue weighted by molar-refractivity contribution is 5.23. The first-order chi connectivity index (χ1) is 7.20. The molecule has 0 bridgehead atoms. The summed E-state index contributed by atoms with van der Waals surface area (Å²) in [7, 11) is 0. The van der Waals surface area contributed by atoms with Gasteiger partial charge in [-0.1, -0.05) is 0 Å². The molecule has 0 saturated heterocycles. The smallest absolute Gasteiger partial charge is 0.253 e. The number of nitrogens with one attached hydrogen (secondary N) is 1. The number of hydrogen-bond donors (Lipinski definition) is 2. The normalized spacial score (nSPS) is 10.5. The first-order valence-electron chi connectivity index (χ1n) is 4.51. The maximum absolute atomic E-state index is 11.2. The summed E-state index contributed by atoms with van der Waals surface area (Å²) in [5.74, 6) is 1.77. The van der Waals surface area contributed by atoms with E-state index in [-0.39, 0.29) is 5.56 Å². The molecule has 78 valence electrons. The molecule has 0 atom stereocenters. The Morgan fingerprint density at radius 1 is 1.60 bits per heavy atom. The minimum Gasteiger partial charge on any atom is -0.324 e. The Hall–Kier alpha value is -1.95. The average molecular weight is 205 g/mol. The van der Waals surface area contributed by atoms with Gasteiger partial charge in [-0.2, -0.15) is 0 Å². The van der Waals surface area contributed by atoms with Crippen LogP contribution in [-0.2, 0) is 6.54 Å². The van der Waals surface area contributed by atoms with Crippen LogP contribution in [0.5, 0.6) is 0 Å². The Bertz CT molecular complexity index is 527. The second-order valence-corrected chi connectivity index (χ2v) is 3.11. The number of nitrogens with two attached hydrogens (primary N) is 1. The van der Waals surface area contributed by atoms with Gasteiger partial charge in [-0.05, 0) is 6.92 Å². The van der Waals surface area contributed by atoms with Gasteiger partial charge in [0.15, 0.2) is 0 Å². The van der Waals surface area contributed by atoms with Gasteiger partial charge in [0.2, 0.25) is 0 Å². The Morgan fingerprint density at radius 2 is 2.40 bits per heavy atom. The van der Waals surface area contributed by atoms with Crippen molar-refractivity contribution in [1.82, 2.24) is 19.5 Å². The number of imidazole rings is 1. The highest BCUT2D eigenvalue weighted by atomic mass is 16.1. The Morgan fingerprint density at radius 3 is 3.07 bits per heavy atom. The third-order valence-corrected chi connectivity index (χ3v) is 1.99. The van der Waals surface area contributed by atoms with E-state index >= 15 is 0 Å². The highest BCUT2D eigenvalue weighted by Crippen LogP contribution is 2.04. The molecule has 0 radical (unpaired) electrons. The molecule has 15 heavy (non-hydrogen) atoms. The lowest BCUT2D eigenvalue weighted by Crippen LogP contribution is -2.14. The van der Waals surface area contributed by atoms with Crippen LogP contribution in [0.2, 0.25) is 0 Å². The molecule has 6 nitrogen and oxygen atoms in total. The summed E-state index contributed by atoms with van der Waals surface area (Å²) in [6.07, 6.45) is 3.35. The van der Waals surface area contributed by atoms with Gasteiger partial charge in [0.25, 0.3) is 5.56 Å². The van der Waals surface area contributed by atoms with Crippen molar-refractivity contribution in [3.63, 3.8) is 0 Å². The van der Waals surface area contributed by atoms with Crippen molar-refractivity contribution in [2.75, 3.05) is 0 Å². The van der Waals surface area contributed by atoms with E-state index in [0.717, 1.165) is 0 Å². The molecular formula is C9H11N5O. The minimum absolute atomic E-state index is 0.186. The highest BCUT2D eigenvalue weighted by Gasteiger charge is 2.05. The third-order valence-electron chi connectivity index (χ3n) is 1.99. The van der Waals surface area contributed by atoms with E-state index in [0.29, 0.717) is 24.0 Å². The van der Waals surface area contributed by atoms with Gasteiger partial charge >= 0.3 is 0 Å². The zero-order chi connectivity index (χ0) is 10.8. The van der Waals surface area contributed by atoms with E-state index in [4.69, 9.17) is 5.73 Å². The van der Waals surface area contributed by atoms with E-state index < -0.39 is 0 Å². The van der Waals surface area contributed by atoms with Crippen LogP contribution in [0.15, 0.2) is 23.3 Å². The Labute approximate surface area is 85.8 Å². The molecule has 0 aliphatic rings. The van der Waals surface area contributed by atoms with Crippen molar-refractivity contribution >= 4 is 0 Å². The molecule has 0 spiro atoms. The van der Waals surface area contributed by atoms with Crippen molar-refractivity contribution in [1.29, 1.82) is 0 Å². The molecular weight excluding hydrogens is 194 g/mol. The molecule has 3 N–H and O–H groups in total. The fourth-order valence-electron chi connectivity index (χ4n) is 1.38. The van der Waals surface area contributed by atoms with Crippen molar-refractivity contribution < 1.29 is 0 Å². The SMILES string of the molecule is Cc1nc(-n2ccnc2CN)cc(=O)[nH]1. The van der Waals surface area contributed by atoms with Gasteiger partial charge < -0.3 is 10.7 Å². The molecule has 2 aromatic heterocycles. The van der Waals surface area contributed by atoms with Crippen LogP contribution >= 0.6 is 0 Å². The lowest BCUT2D eigenvalue weighted by Gasteiger charge is -2.04. The van der Waals surface area contributed by atoms with Gasteiger partial charge in [-0.25, -0.2) is 9.97 Å². The van der Waals surface area contributed by atoms with E-state index in [1.165, 1.54) is 6.07 Å². The van der Waals surface area contributed by atoms with Gasteiger partial charge in [-0.3, -0.25) is 9.36 Å². The summed E-state index contributed by atoms with van der Waals surface area (Å²) in [5, 5.41) is 0. The number of H-pyrrole nitrogens is 1. The summed E-state index contributed by atoms with van der Waals surface area (Å²) >= 11 is 0. The summed E-state index contributed by atoms with van der Waals surface area (Å²) in [6.45, 7) is 2.03. The monoisotopic (exact) mass is 205 g/mol. The Kier molecular flexibility index (Phi) is 2.34. The van der Waals surface area contributed by atoms with Crippen LogP contribution < -0.4 is 11.3 Å². The maximum atomic E-state index is 11.2. The standard InChI is InChI=1S/C9H11N5O/c1-6-12-7(4-9(15)13-6)14-3-2-11-8(14)5-10/h2-4H,5,10H2,1H3,(H,12,13,15). The molecule has 0 aliphatic heterocycles. The van der Waals surface area contributed by atoms with E-state index in [9.17, 15) is 4.79 Å².